The predicted octanol–water partition coefficient (Wildman–Crippen LogP) is 0.0336. The molecule has 2 rings (SSSR count). The van der Waals surface area contributed by atoms with Crippen LogP contribution in [-0.4, -0.2) is 37.7 Å². The van der Waals surface area contributed by atoms with E-state index >= 15 is 0 Å². The molecular formula is C10H18N2O2. The predicted molar refractivity (Wildman–Crippen MR) is 53.0 cm³/mol. The normalized spacial score (nSPS) is 32.9. The highest BCUT2D eigenvalue weighted by molar-refractivity contribution is 5.82. The molecule has 0 saturated carbocycles. The van der Waals surface area contributed by atoms with Crippen molar-refractivity contribution in [2.45, 2.75) is 37.8 Å². The van der Waals surface area contributed by atoms with Crippen LogP contribution in [0.15, 0.2) is 0 Å². The molecule has 0 aromatic carbocycles. The summed E-state index contributed by atoms with van der Waals surface area (Å²) in [6.07, 6.45) is 4.28. The maximum atomic E-state index is 11.7. The lowest BCUT2D eigenvalue weighted by Crippen LogP contribution is -2.49. The number of piperidine rings is 1. The van der Waals surface area contributed by atoms with Crippen LogP contribution in [0.1, 0.15) is 25.7 Å². The first kappa shape index (κ1) is 9.93. The molecule has 2 fully saturated rings. The van der Waals surface area contributed by atoms with Crippen LogP contribution in [-0.2, 0) is 9.53 Å². The third-order valence-electron chi connectivity index (χ3n) is 2.90. The molecule has 0 radical (unpaired) electrons. The Labute approximate surface area is 84.4 Å². The minimum Gasteiger partial charge on any atom is -0.379 e. The van der Waals surface area contributed by atoms with Gasteiger partial charge in [-0.25, -0.2) is 0 Å². The van der Waals surface area contributed by atoms with Crippen LogP contribution in [0.3, 0.4) is 0 Å². The van der Waals surface area contributed by atoms with Crippen molar-refractivity contribution in [3.05, 3.63) is 0 Å². The highest BCUT2D eigenvalue weighted by atomic mass is 16.5. The first-order chi connectivity index (χ1) is 6.86. The summed E-state index contributed by atoms with van der Waals surface area (Å²) in [5.41, 5.74) is 0. The average molecular weight is 198 g/mol. The fraction of sp³-hybridized carbons (Fsp3) is 0.900. The van der Waals surface area contributed by atoms with Crippen molar-refractivity contribution in [3.8, 4) is 0 Å². The van der Waals surface area contributed by atoms with Crippen LogP contribution in [0.25, 0.3) is 0 Å². The van der Waals surface area contributed by atoms with Crippen molar-refractivity contribution in [1.29, 1.82) is 0 Å². The van der Waals surface area contributed by atoms with Gasteiger partial charge in [-0.15, -0.1) is 0 Å². The van der Waals surface area contributed by atoms with E-state index < -0.39 is 0 Å². The molecule has 2 heterocycles. The van der Waals surface area contributed by atoms with Crippen molar-refractivity contribution in [2.75, 3.05) is 19.8 Å². The molecule has 14 heavy (non-hydrogen) atoms. The van der Waals surface area contributed by atoms with Crippen molar-refractivity contribution in [1.82, 2.24) is 10.6 Å². The van der Waals surface area contributed by atoms with Crippen molar-refractivity contribution in [2.24, 2.45) is 0 Å². The number of nitrogens with one attached hydrogen (secondary N) is 2. The number of carbonyl (C=O) groups excluding carboxylic acids is 1. The van der Waals surface area contributed by atoms with Gasteiger partial charge in [0.2, 0.25) is 5.91 Å². The fourth-order valence-electron chi connectivity index (χ4n) is 2.03. The number of ether oxygens (including phenoxy) is 1. The van der Waals surface area contributed by atoms with Gasteiger partial charge in [0.05, 0.1) is 18.7 Å². The lowest BCUT2D eigenvalue weighted by Gasteiger charge is -2.23. The van der Waals surface area contributed by atoms with E-state index in [1.54, 1.807) is 0 Å². The van der Waals surface area contributed by atoms with E-state index in [4.69, 9.17) is 4.74 Å². The average Bonchev–Trinajstić information content (AvgIpc) is 2.72. The smallest absolute Gasteiger partial charge is 0.237 e. The van der Waals surface area contributed by atoms with E-state index in [0.717, 1.165) is 32.4 Å². The zero-order chi connectivity index (χ0) is 9.80. The first-order valence-corrected chi connectivity index (χ1v) is 5.48. The zero-order valence-corrected chi connectivity index (χ0v) is 8.42. The van der Waals surface area contributed by atoms with Crippen LogP contribution >= 0.6 is 0 Å². The van der Waals surface area contributed by atoms with Crippen LogP contribution in [0.2, 0.25) is 0 Å². The van der Waals surface area contributed by atoms with Gasteiger partial charge in [0.1, 0.15) is 0 Å². The Kier molecular flexibility index (Phi) is 3.37. The molecule has 4 heteroatoms. The molecule has 2 aliphatic heterocycles. The number of carbonyl (C=O) groups is 1. The molecule has 0 spiro atoms. The topological polar surface area (TPSA) is 50.4 Å². The summed E-state index contributed by atoms with van der Waals surface area (Å²) in [6.45, 7) is 2.43. The number of amides is 1. The van der Waals surface area contributed by atoms with Gasteiger partial charge in [0.25, 0.3) is 0 Å². The van der Waals surface area contributed by atoms with E-state index in [0.29, 0.717) is 6.61 Å². The minimum atomic E-state index is 0.0318. The van der Waals surface area contributed by atoms with Gasteiger partial charge < -0.3 is 15.4 Å². The molecule has 0 aromatic rings. The largest absolute Gasteiger partial charge is 0.379 e. The molecule has 2 aliphatic rings. The third kappa shape index (κ3) is 2.45. The fourth-order valence-corrected chi connectivity index (χ4v) is 2.03. The second-order valence-corrected chi connectivity index (χ2v) is 4.07. The Morgan fingerprint density at radius 3 is 2.93 bits per heavy atom. The van der Waals surface area contributed by atoms with Gasteiger partial charge in [-0.3, -0.25) is 4.79 Å². The molecule has 2 atom stereocenters. The Hall–Kier alpha value is -0.610. The summed E-state index contributed by atoms with van der Waals surface area (Å²) in [5.74, 6) is 0.153. The summed E-state index contributed by atoms with van der Waals surface area (Å²) in [7, 11) is 0. The summed E-state index contributed by atoms with van der Waals surface area (Å²) >= 11 is 0. The molecular weight excluding hydrogens is 180 g/mol. The van der Waals surface area contributed by atoms with Gasteiger partial charge >= 0.3 is 0 Å². The summed E-state index contributed by atoms with van der Waals surface area (Å²) < 4.78 is 5.21. The maximum absolute atomic E-state index is 11.7. The second kappa shape index (κ2) is 4.75. The van der Waals surface area contributed by atoms with Gasteiger partial charge in [-0.2, -0.15) is 0 Å². The third-order valence-corrected chi connectivity index (χ3v) is 2.90. The van der Waals surface area contributed by atoms with Crippen LogP contribution < -0.4 is 10.6 Å². The van der Waals surface area contributed by atoms with Crippen LogP contribution in [0, 0.1) is 0 Å². The highest BCUT2D eigenvalue weighted by Crippen LogP contribution is 2.09. The van der Waals surface area contributed by atoms with Gasteiger partial charge in [-0.05, 0) is 25.8 Å². The number of hydrogen-bond acceptors (Lipinski definition) is 3. The maximum Gasteiger partial charge on any atom is 0.237 e. The highest BCUT2D eigenvalue weighted by Gasteiger charge is 2.24. The van der Waals surface area contributed by atoms with E-state index in [-0.39, 0.29) is 18.0 Å². The standard InChI is InChI=1S/C10H18N2O2/c13-10(9-3-1-2-5-11-9)12-8-4-6-14-7-8/h8-9,11H,1-7H2,(H,12,13)/t8?,9-/m0/s1. The van der Waals surface area contributed by atoms with Crippen molar-refractivity contribution >= 4 is 5.91 Å². The lowest BCUT2D eigenvalue weighted by molar-refractivity contribution is -0.124. The molecule has 1 unspecified atom stereocenters. The SMILES string of the molecule is O=C(NC1CCOC1)[C@@H]1CCCCN1. The Morgan fingerprint density at radius 1 is 1.36 bits per heavy atom. The van der Waals surface area contributed by atoms with E-state index in [1.165, 1.54) is 6.42 Å². The molecule has 0 aromatic heterocycles. The molecule has 4 nitrogen and oxygen atoms in total. The molecule has 0 aliphatic carbocycles. The Morgan fingerprint density at radius 2 is 2.29 bits per heavy atom. The molecule has 0 bridgehead atoms. The molecule has 1 amide bonds. The quantitative estimate of drug-likeness (QED) is 0.658. The van der Waals surface area contributed by atoms with E-state index in [9.17, 15) is 4.79 Å². The zero-order valence-electron chi connectivity index (χ0n) is 8.42. The summed E-state index contributed by atoms with van der Waals surface area (Å²) in [6, 6.07) is 0.274. The van der Waals surface area contributed by atoms with Gasteiger partial charge in [0, 0.05) is 6.61 Å². The van der Waals surface area contributed by atoms with Crippen molar-refractivity contribution in [3.63, 3.8) is 0 Å². The first-order valence-electron chi connectivity index (χ1n) is 5.48. The monoisotopic (exact) mass is 198 g/mol. The number of hydrogen-bond donors (Lipinski definition) is 2. The van der Waals surface area contributed by atoms with E-state index in [1.807, 2.05) is 0 Å². The van der Waals surface area contributed by atoms with Gasteiger partial charge in [-0.1, -0.05) is 6.42 Å². The van der Waals surface area contributed by atoms with Crippen LogP contribution in [0.5, 0.6) is 0 Å². The minimum absolute atomic E-state index is 0.0318. The van der Waals surface area contributed by atoms with E-state index in [2.05, 4.69) is 10.6 Å². The Bertz CT molecular complexity index is 196. The second-order valence-electron chi connectivity index (χ2n) is 4.07. The lowest BCUT2D eigenvalue weighted by atomic mass is 10.0. The number of rotatable bonds is 2. The Balaban J connectivity index is 1.75. The van der Waals surface area contributed by atoms with Gasteiger partial charge in [0.15, 0.2) is 0 Å². The van der Waals surface area contributed by atoms with Crippen molar-refractivity contribution < 1.29 is 9.53 Å². The summed E-state index contributed by atoms with van der Waals surface area (Å²) in [5, 5.41) is 6.26. The summed E-state index contributed by atoms with van der Waals surface area (Å²) in [4.78, 5) is 11.7. The molecule has 80 valence electrons. The molecule has 2 N–H and O–H groups in total. The molecule has 2 saturated heterocycles. The van der Waals surface area contributed by atoms with Crippen LogP contribution in [0.4, 0.5) is 0 Å².